The third-order valence-corrected chi connectivity index (χ3v) is 8.02. The van der Waals surface area contributed by atoms with Crippen LogP contribution in [0.3, 0.4) is 0 Å². The zero-order valence-electron chi connectivity index (χ0n) is 13.3. The van der Waals surface area contributed by atoms with Crippen LogP contribution in [0.2, 0.25) is 0 Å². The molecule has 1 aromatic carbocycles. The van der Waals surface area contributed by atoms with Crippen molar-refractivity contribution < 1.29 is 8.95 Å². The summed E-state index contributed by atoms with van der Waals surface area (Å²) < 4.78 is 20.0. The summed E-state index contributed by atoms with van der Waals surface area (Å²) in [5.74, 6) is 0.486. The standard InChI is InChI=1S/C19H26O2S/c20-22(17-12-6-2-7-13-17)19(16-10-4-1-5-11-16)18(21-19)14-8-3-9-15-18/h2,6-7,12-13,16H,1,3-5,8-11,14-15H2. The fraction of sp³-hybridized carbons (Fsp3) is 0.684. The first-order chi connectivity index (χ1) is 10.8. The normalized spacial score (nSPS) is 32.7. The average molecular weight is 318 g/mol. The minimum atomic E-state index is -1.04. The van der Waals surface area contributed by atoms with Gasteiger partial charge >= 0.3 is 0 Å². The van der Waals surface area contributed by atoms with Gasteiger partial charge in [-0.2, -0.15) is 0 Å². The second-order valence-electron chi connectivity index (χ2n) is 7.24. The van der Waals surface area contributed by atoms with E-state index in [1.165, 1.54) is 51.4 Å². The summed E-state index contributed by atoms with van der Waals surface area (Å²) in [5.41, 5.74) is -0.0754. The van der Waals surface area contributed by atoms with E-state index in [0.717, 1.165) is 17.7 Å². The molecule has 1 spiro atoms. The molecule has 2 nitrogen and oxygen atoms in total. The van der Waals surface area contributed by atoms with Crippen LogP contribution in [0.15, 0.2) is 35.2 Å². The van der Waals surface area contributed by atoms with Gasteiger partial charge < -0.3 is 4.74 Å². The number of hydrogen-bond acceptors (Lipinski definition) is 2. The minimum Gasteiger partial charge on any atom is -0.347 e. The molecule has 2 unspecified atom stereocenters. The molecule has 3 heteroatoms. The smallest absolute Gasteiger partial charge is 0.179 e. The third kappa shape index (κ3) is 2.20. The number of benzene rings is 1. The van der Waals surface area contributed by atoms with Crippen molar-refractivity contribution in [3.63, 3.8) is 0 Å². The van der Waals surface area contributed by atoms with Crippen molar-refractivity contribution in [2.45, 2.75) is 79.6 Å². The highest BCUT2D eigenvalue weighted by Crippen LogP contribution is 2.65. The fourth-order valence-electron chi connectivity index (χ4n) is 4.85. The molecule has 0 amide bonds. The average Bonchev–Trinajstić information content (AvgIpc) is 3.25. The second kappa shape index (κ2) is 5.76. The van der Waals surface area contributed by atoms with Gasteiger partial charge in [-0.3, -0.25) is 4.21 Å². The van der Waals surface area contributed by atoms with Crippen molar-refractivity contribution in [3.05, 3.63) is 30.3 Å². The van der Waals surface area contributed by atoms with Crippen LogP contribution in [0.25, 0.3) is 0 Å². The zero-order valence-corrected chi connectivity index (χ0v) is 14.1. The van der Waals surface area contributed by atoms with Crippen LogP contribution >= 0.6 is 0 Å². The summed E-state index contributed by atoms with van der Waals surface area (Å²) in [6.45, 7) is 0. The predicted molar refractivity (Wildman–Crippen MR) is 89.1 cm³/mol. The molecule has 2 aliphatic carbocycles. The first-order valence-electron chi connectivity index (χ1n) is 8.96. The molecular weight excluding hydrogens is 292 g/mol. The van der Waals surface area contributed by atoms with E-state index in [1.807, 2.05) is 30.3 Å². The fourth-order valence-corrected chi connectivity index (χ4v) is 6.92. The van der Waals surface area contributed by atoms with Crippen molar-refractivity contribution in [3.8, 4) is 0 Å². The van der Waals surface area contributed by atoms with Crippen LogP contribution in [0.5, 0.6) is 0 Å². The molecule has 1 aliphatic heterocycles. The van der Waals surface area contributed by atoms with Crippen molar-refractivity contribution in [2.24, 2.45) is 5.92 Å². The molecule has 0 radical (unpaired) electrons. The lowest BCUT2D eigenvalue weighted by Gasteiger charge is -2.32. The molecule has 1 saturated heterocycles. The summed E-state index contributed by atoms with van der Waals surface area (Å²) in [7, 11) is -1.04. The first kappa shape index (κ1) is 14.9. The van der Waals surface area contributed by atoms with E-state index in [2.05, 4.69) is 0 Å². The highest BCUT2D eigenvalue weighted by molar-refractivity contribution is 7.86. The van der Waals surface area contributed by atoms with Gasteiger partial charge in [-0.1, -0.05) is 56.7 Å². The van der Waals surface area contributed by atoms with Crippen LogP contribution in [0.4, 0.5) is 0 Å². The van der Waals surface area contributed by atoms with Crippen molar-refractivity contribution in [1.29, 1.82) is 0 Å². The quantitative estimate of drug-likeness (QED) is 0.749. The molecule has 120 valence electrons. The maximum Gasteiger partial charge on any atom is 0.179 e. The van der Waals surface area contributed by atoms with Crippen LogP contribution in [0.1, 0.15) is 64.2 Å². The highest BCUT2D eigenvalue weighted by Gasteiger charge is 2.75. The Morgan fingerprint density at radius 2 is 1.55 bits per heavy atom. The Morgan fingerprint density at radius 1 is 0.909 bits per heavy atom. The van der Waals surface area contributed by atoms with Gasteiger partial charge in [0.05, 0.1) is 10.8 Å². The van der Waals surface area contributed by atoms with E-state index >= 15 is 0 Å². The van der Waals surface area contributed by atoms with Crippen molar-refractivity contribution in [2.75, 3.05) is 0 Å². The van der Waals surface area contributed by atoms with Crippen LogP contribution < -0.4 is 0 Å². The topological polar surface area (TPSA) is 29.6 Å². The monoisotopic (exact) mass is 318 g/mol. The largest absolute Gasteiger partial charge is 0.347 e. The number of rotatable bonds is 3. The Kier molecular flexibility index (Phi) is 3.90. The minimum absolute atomic E-state index is 0.0754. The lowest BCUT2D eigenvalue weighted by atomic mass is 9.77. The number of hydrogen-bond donors (Lipinski definition) is 0. The summed E-state index contributed by atoms with van der Waals surface area (Å²) in [6.07, 6.45) is 12.3. The van der Waals surface area contributed by atoms with E-state index < -0.39 is 10.8 Å². The predicted octanol–water partition coefficient (Wildman–Crippen LogP) is 4.80. The van der Waals surface area contributed by atoms with Gasteiger partial charge in [-0.25, -0.2) is 0 Å². The molecule has 3 aliphatic rings. The molecule has 3 fully saturated rings. The lowest BCUT2D eigenvalue weighted by molar-refractivity contribution is 0.211. The Morgan fingerprint density at radius 3 is 2.23 bits per heavy atom. The molecule has 0 N–H and O–H groups in total. The van der Waals surface area contributed by atoms with E-state index in [0.29, 0.717) is 5.92 Å². The van der Waals surface area contributed by atoms with E-state index in [4.69, 9.17) is 4.74 Å². The molecule has 4 rings (SSSR count). The maximum atomic E-state index is 13.5. The Hall–Kier alpha value is -0.670. The Labute approximate surface area is 136 Å². The lowest BCUT2D eigenvalue weighted by Crippen LogP contribution is -2.40. The number of ether oxygens (including phenoxy) is 1. The zero-order chi connectivity index (χ0) is 15.0. The van der Waals surface area contributed by atoms with Gasteiger partial charge in [0.2, 0.25) is 0 Å². The molecule has 0 aromatic heterocycles. The van der Waals surface area contributed by atoms with E-state index in [-0.39, 0.29) is 10.5 Å². The van der Waals surface area contributed by atoms with Crippen LogP contribution in [0, 0.1) is 5.92 Å². The SMILES string of the molecule is O=S(c1ccccc1)C1(C2CCCCC2)OC12CCCCC2. The van der Waals surface area contributed by atoms with Gasteiger partial charge in [0.25, 0.3) is 0 Å². The third-order valence-electron chi connectivity index (χ3n) is 5.98. The van der Waals surface area contributed by atoms with Gasteiger partial charge in [0.1, 0.15) is 5.60 Å². The molecule has 0 bridgehead atoms. The van der Waals surface area contributed by atoms with Gasteiger partial charge in [0, 0.05) is 10.8 Å². The van der Waals surface area contributed by atoms with Crippen molar-refractivity contribution in [1.82, 2.24) is 0 Å². The van der Waals surface area contributed by atoms with Gasteiger partial charge in [0.15, 0.2) is 4.93 Å². The number of epoxide rings is 1. The summed E-state index contributed by atoms with van der Waals surface area (Å²) in [6, 6.07) is 10.0. The molecule has 22 heavy (non-hydrogen) atoms. The molecule has 2 atom stereocenters. The molecule has 2 saturated carbocycles. The highest BCUT2D eigenvalue weighted by atomic mass is 32.2. The van der Waals surface area contributed by atoms with Gasteiger partial charge in [-0.15, -0.1) is 0 Å². The molecule has 1 heterocycles. The molecule has 1 aromatic rings. The molecular formula is C19H26O2S. The second-order valence-corrected chi connectivity index (χ2v) is 8.86. The van der Waals surface area contributed by atoms with Crippen molar-refractivity contribution >= 4 is 10.8 Å². The summed E-state index contributed by atoms with van der Waals surface area (Å²) in [5, 5.41) is 0. The van der Waals surface area contributed by atoms with E-state index in [1.54, 1.807) is 0 Å². The van der Waals surface area contributed by atoms with E-state index in [9.17, 15) is 4.21 Å². The summed E-state index contributed by atoms with van der Waals surface area (Å²) in [4.78, 5) is 0.574. The summed E-state index contributed by atoms with van der Waals surface area (Å²) >= 11 is 0. The Bertz CT molecular complexity index is 544. The van der Waals surface area contributed by atoms with Crippen LogP contribution in [-0.4, -0.2) is 14.7 Å². The maximum absolute atomic E-state index is 13.5. The Balaban J connectivity index is 1.69. The van der Waals surface area contributed by atoms with Gasteiger partial charge in [-0.05, 0) is 37.8 Å². The first-order valence-corrected chi connectivity index (χ1v) is 10.1. The van der Waals surface area contributed by atoms with Crippen LogP contribution in [-0.2, 0) is 15.5 Å².